The SMILES string of the molecule is CCCCOCCNC(=O)C1(C)COCC1N. The third-order valence-electron chi connectivity index (χ3n) is 3.21. The van der Waals surface area contributed by atoms with Crippen molar-refractivity contribution in [2.45, 2.75) is 32.7 Å². The Kier molecular flexibility index (Phi) is 5.88. The van der Waals surface area contributed by atoms with Gasteiger partial charge in [0.1, 0.15) is 0 Å². The Balaban J connectivity index is 2.16. The fourth-order valence-corrected chi connectivity index (χ4v) is 1.71. The van der Waals surface area contributed by atoms with Crippen molar-refractivity contribution in [2.24, 2.45) is 11.1 Å². The van der Waals surface area contributed by atoms with Crippen LogP contribution in [0.5, 0.6) is 0 Å². The van der Waals surface area contributed by atoms with E-state index in [2.05, 4.69) is 12.2 Å². The first-order chi connectivity index (χ1) is 8.11. The van der Waals surface area contributed by atoms with Gasteiger partial charge in [0.15, 0.2) is 0 Å². The molecule has 1 fully saturated rings. The van der Waals surface area contributed by atoms with Crippen LogP contribution < -0.4 is 11.1 Å². The topological polar surface area (TPSA) is 73.6 Å². The van der Waals surface area contributed by atoms with E-state index < -0.39 is 5.41 Å². The van der Waals surface area contributed by atoms with Crippen LogP contribution in [-0.2, 0) is 14.3 Å². The fourth-order valence-electron chi connectivity index (χ4n) is 1.71. The minimum atomic E-state index is -0.594. The first kappa shape index (κ1) is 14.4. The number of rotatable bonds is 7. The monoisotopic (exact) mass is 244 g/mol. The van der Waals surface area contributed by atoms with Gasteiger partial charge in [-0.1, -0.05) is 13.3 Å². The fraction of sp³-hybridized carbons (Fsp3) is 0.917. The van der Waals surface area contributed by atoms with Crippen molar-refractivity contribution in [1.82, 2.24) is 5.32 Å². The largest absolute Gasteiger partial charge is 0.380 e. The maximum atomic E-state index is 11.9. The zero-order valence-corrected chi connectivity index (χ0v) is 10.8. The van der Waals surface area contributed by atoms with Gasteiger partial charge in [-0.3, -0.25) is 4.79 Å². The van der Waals surface area contributed by atoms with Crippen LogP contribution in [0.25, 0.3) is 0 Å². The van der Waals surface area contributed by atoms with Crippen LogP contribution in [0.15, 0.2) is 0 Å². The predicted molar refractivity (Wildman–Crippen MR) is 65.6 cm³/mol. The third-order valence-corrected chi connectivity index (χ3v) is 3.21. The summed E-state index contributed by atoms with van der Waals surface area (Å²) in [5.41, 5.74) is 5.27. The van der Waals surface area contributed by atoms with Crippen LogP contribution in [0, 0.1) is 5.41 Å². The lowest BCUT2D eigenvalue weighted by Gasteiger charge is -2.25. The van der Waals surface area contributed by atoms with Crippen molar-refractivity contribution >= 4 is 5.91 Å². The van der Waals surface area contributed by atoms with Crippen LogP contribution >= 0.6 is 0 Å². The van der Waals surface area contributed by atoms with Gasteiger partial charge in [-0.2, -0.15) is 0 Å². The van der Waals surface area contributed by atoms with Crippen molar-refractivity contribution in [2.75, 3.05) is 33.0 Å². The molecular formula is C12H24N2O3. The minimum absolute atomic E-state index is 0.0402. The van der Waals surface area contributed by atoms with Crippen molar-refractivity contribution < 1.29 is 14.3 Å². The van der Waals surface area contributed by atoms with Gasteiger partial charge < -0.3 is 20.5 Å². The summed E-state index contributed by atoms with van der Waals surface area (Å²) in [5.74, 6) is -0.0402. The number of carbonyl (C=O) groups excluding carboxylic acids is 1. The molecule has 0 aromatic carbocycles. The maximum absolute atomic E-state index is 11.9. The summed E-state index contributed by atoms with van der Waals surface area (Å²) in [6.45, 7) is 6.66. The van der Waals surface area contributed by atoms with E-state index in [9.17, 15) is 4.79 Å². The molecule has 1 heterocycles. The molecule has 5 nitrogen and oxygen atoms in total. The molecule has 2 atom stereocenters. The van der Waals surface area contributed by atoms with Gasteiger partial charge >= 0.3 is 0 Å². The Bertz CT molecular complexity index is 248. The first-order valence-electron chi connectivity index (χ1n) is 6.30. The predicted octanol–water partition coefficient (Wildman–Crippen LogP) is 0.283. The third kappa shape index (κ3) is 3.94. The average molecular weight is 244 g/mol. The molecule has 0 spiro atoms. The maximum Gasteiger partial charge on any atom is 0.230 e. The molecule has 0 aliphatic carbocycles. The van der Waals surface area contributed by atoms with Crippen molar-refractivity contribution in [3.8, 4) is 0 Å². The number of unbranched alkanes of at least 4 members (excludes halogenated alkanes) is 1. The molecule has 1 aliphatic rings. The number of hydrogen-bond acceptors (Lipinski definition) is 4. The van der Waals surface area contributed by atoms with Gasteiger partial charge in [0, 0.05) is 19.2 Å². The highest BCUT2D eigenvalue weighted by Crippen LogP contribution is 2.26. The van der Waals surface area contributed by atoms with Crippen molar-refractivity contribution in [3.63, 3.8) is 0 Å². The lowest BCUT2D eigenvalue weighted by atomic mass is 9.85. The van der Waals surface area contributed by atoms with E-state index >= 15 is 0 Å². The molecule has 1 aliphatic heterocycles. The smallest absolute Gasteiger partial charge is 0.230 e. The zero-order valence-electron chi connectivity index (χ0n) is 10.8. The standard InChI is InChI=1S/C12H24N2O3/c1-3-4-6-16-7-5-14-11(15)12(2)9-17-8-10(12)13/h10H,3-9,13H2,1-2H3,(H,14,15). The molecule has 0 bridgehead atoms. The van der Waals surface area contributed by atoms with Gasteiger partial charge in [0.05, 0.1) is 25.2 Å². The Morgan fingerprint density at radius 3 is 2.94 bits per heavy atom. The summed E-state index contributed by atoms with van der Waals surface area (Å²) in [6.07, 6.45) is 2.18. The minimum Gasteiger partial charge on any atom is -0.380 e. The summed E-state index contributed by atoms with van der Waals surface area (Å²) in [6, 6.07) is -0.219. The molecule has 3 N–H and O–H groups in total. The van der Waals surface area contributed by atoms with Crippen LogP contribution in [0.4, 0.5) is 0 Å². The Morgan fingerprint density at radius 2 is 2.35 bits per heavy atom. The normalized spacial score (nSPS) is 28.3. The van der Waals surface area contributed by atoms with Gasteiger partial charge in [0.2, 0.25) is 5.91 Å². The summed E-state index contributed by atoms with van der Waals surface area (Å²) in [7, 11) is 0. The van der Waals surface area contributed by atoms with E-state index in [4.69, 9.17) is 15.2 Å². The summed E-state index contributed by atoms with van der Waals surface area (Å²) < 4.78 is 10.6. The molecule has 1 rings (SSSR count). The number of carbonyl (C=O) groups is 1. The number of nitrogens with one attached hydrogen (secondary N) is 1. The van der Waals surface area contributed by atoms with Crippen molar-refractivity contribution in [1.29, 1.82) is 0 Å². The van der Waals surface area contributed by atoms with Crippen molar-refractivity contribution in [3.05, 3.63) is 0 Å². The quantitative estimate of drug-likeness (QED) is 0.631. The van der Waals surface area contributed by atoms with E-state index in [0.29, 0.717) is 26.4 Å². The number of nitrogens with two attached hydrogens (primary N) is 1. The molecule has 2 unspecified atom stereocenters. The highest BCUT2D eigenvalue weighted by atomic mass is 16.5. The molecule has 1 amide bonds. The van der Waals surface area contributed by atoms with Gasteiger partial charge in [-0.05, 0) is 13.3 Å². The highest BCUT2D eigenvalue weighted by molar-refractivity contribution is 5.83. The second-order valence-corrected chi connectivity index (χ2v) is 4.76. The van der Waals surface area contributed by atoms with E-state index in [-0.39, 0.29) is 11.9 Å². The van der Waals surface area contributed by atoms with E-state index in [1.807, 2.05) is 6.92 Å². The molecule has 0 saturated carbocycles. The van der Waals surface area contributed by atoms with E-state index in [1.54, 1.807) is 0 Å². The summed E-state index contributed by atoms with van der Waals surface area (Å²) >= 11 is 0. The van der Waals surface area contributed by atoms with Crippen LogP contribution in [0.1, 0.15) is 26.7 Å². The van der Waals surface area contributed by atoms with Crippen LogP contribution in [-0.4, -0.2) is 44.9 Å². The van der Waals surface area contributed by atoms with Gasteiger partial charge in [-0.25, -0.2) is 0 Å². The lowest BCUT2D eigenvalue weighted by molar-refractivity contribution is -0.130. The molecule has 17 heavy (non-hydrogen) atoms. The van der Waals surface area contributed by atoms with E-state index in [1.165, 1.54) is 0 Å². The summed E-state index contributed by atoms with van der Waals surface area (Å²) in [4.78, 5) is 11.9. The second-order valence-electron chi connectivity index (χ2n) is 4.76. The Morgan fingerprint density at radius 1 is 1.59 bits per heavy atom. The van der Waals surface area contributed by atoms with Gasteiger partial charge in [0.25, 0.3) is 0 Å². The second kappa shape index (κ2) is 6.93. The van der Waals surface area contributed by atoms with Crippen LogP contribution in [0.2, 0.25) is 0 Å². The molecule has 5 heteroatoms. The first-order valence-corrected chi connectivity index (χ1v) is 6.30. The van der Waals surface area contributed by atoms with Crippen LogP contribution in [0.3, 0.4) is 0 Å². The van der Waals surface area contributed by atoms with E-state index in [0.717, 1.165) is 19.4 Å². The zero-order chi connectivity index (χ0) is 12.7. The Labute approximate surface area is 103 Å². The molecule has 0 aromatic rings. The average Bonchev–Trinajstić information content (AvgIpc) is 2.65. The highest BCUT2D eigenvalue weighted by Gasteiger charge is 2.44. The molecular weight excluding hydrogens is 220 g/mol. The molecule has 1 saturated heterocycles. The summed E-state index contributed by atoms with van der Waals surface area (Å²) in [5, 5.41) is 2.85. The molecule has 100 valence electrons. The number of hydrogen-bond donors (Lipinski definition) is 2. The Hall–Kier alpha value is -0.650. The van der Waals surface area contributed by atoms with Gasteiger partial charge in [-0.15, -0.1) is 0 Å². The molecule has 0 aromatic heterocycles. The lowest BCUT2D eigenvalue weighted by Crippen LogP contribution is -2.50. The number of amides is 1. The number of ether oxygens (including phenoxy) is 2. The molecule has 0 radical (unpaired) electrons.